The number of ketones is 4. The van der Waals surface area contributed by atoms with E-state index in [2.05, 4.69) is 41.0 Å². The van der Waals surface area contributed by atoms with Crippen molar-refractivity contribution < 1.29 is 57.7 Å². The van der Waals surface area contributed by atoms with Gasteiger partial charge in [-0.3, -0.25) is 28.8 Å². The molecule has 2 amide bonds. The third-order valence-electron chi connectivity index (χ3n) is 9.94. The number of carbonyl (C=O) groups excluding carboxylic acids is 6. The molecule has 0 N–H and O–H groups in total. The number of carbonyl (C=O) groups is 6. The van der Waals surface area contributed by atoms with E-state index in [4.69, 9.17) is 96.6 Å². The quantitative estimate of drug-likeness (QED) is 0.0908. The van der Waals surface area contributed by atoms with Crippen LogP contribution in [0, 0.1) is 52.9 Å². The summed E-state index contributed by atoms with van der Waals surface area (Å²) in [7, 11) is 0. The third-order valence-corrected chi connectivity index (χ3v) is 11.6. The molecule has 0 saturated carbocycles. The van der Waals surface area contributed by atoms with E-state index < -0.39 is 47.6 Å². The van der Waals surface area contributed by atoms with E-state index >= 15 is 0 Å². The molecule has 0 spiro atoms. The number of halogens is 5. The molecule has 25 heteroatoms. The molecule has 4 aromatic rings. The summed E-state index contributed by atoms with van der Waals surface area (Å²) in [5.41, 5.74) is 2.82. The maximum atomic E-state index is 12.4. The fraction of sp³-hybridized carbons (Fsp3) is 0.122. The van der Waals surface area contributed by atoms with Gasteiger partial charge in [-0.25, -0.2) is 14.8 Å². The van der Waals surface area contributed by atoms with Gasteiger partial charge in [0.2, 0.25) is 34.8 Å². The molecule has 4 aliphatic rings. The minimum atomic E-state index is -0.666. The van der Waals surface area contributed by atoms with E-state index in [0.717, 1.165) is 25.6 Å². The number of aliphatic imine (C=N–C) groups is 2. The standard InChI is InChI=1S/C24H13Cl2N5O4.C23H13BrCl2N4O4.2CN.Zn/c1-28-15-4-2-13(3-5-15)6-14-7-22(29-12-21(14)33)35-24-17(25)8-16(9-18(24)26)31-23(34)10-20(32)19(11-27)30-31;24-14-3-1-12(2-4-14)5-13-6-21(28-11-20(13)32)34-23-16(25)7-15(8-17(23)26)30-22(33)9-19(31)18(10-27)29-30;2*1-2;/h2-5,7-9H,6,10,12H2;1-4,6-8H,5,9,11H2;;;/q;;2*-1;+2. The fourth-order valence-electron chi connectivity index (χ4n) is 6.54. The maximum Gasteiger partial charge on any atom is 2.00 e. The van der Waals surface area contributed by atoms with Crippen LogP contribution in [0.3, 0.4) is 0 Å². The fourth-order valence-corrected chi connectivity index (χ4v) is 7.91. The number of rotatable bonds is 8. The van der Waals surface area contributed by atoms with Crippen molar-refractivity contribution in [2.75, 3.05) is 23.1 Å². The first-order valence-electron chi connectivity index (χ1n) is 20.3. The van der Waals surface area contributed by atoms with Crippen LogP contribution in [0.15, 0.2) is 121 Å². The van der Waals surface area contributed by atoms with Crippen molar-refractivity contribution in [1.29, 1.82) is 21.0 Å². The first-order chi connectivity index (χ1) is 35.0. The molecule has 74 heavy (non-hydrogen) atoms. The number of anilines is 2. The molecular weight excluding hydrogens is 1160 g/mol. The van der Waals surface area contributed by atoms with Gasteiger partial charge in [0.05, 0.1) is 50.9 Å². The number of hydrazone groups is 2. The van der Waals surface area contributed by atoms with Gasteiger partial charge in [-0.15, -0.1) is 0 Å². The van der Waals surface area contributed by atoms with Crippen molar-refractivity contribution in [3.05, 3.63) is 156 Å². The number of Topliss-reactive ketones (excluding diaryl/α,β-unsaturated/α-hetero) is 4. The second-order valence-electron chi connectivity index (χ2n) is 14.7. The number of benzene rings is 4. The molecule has 362 valence electrons. The van der Waals surface area contributed by atoms with Gasteiger partial charge >= 0.3 is 19.5 Å². The Morgan fingerprint density at radius 1 is 0.595 bits per heavy atom. The zero-order valence-corrected chi connectivity index (χ0v) is 45.2. The molecule has 0 unspecified atom stereocenters. The van der Waals surface area contributed by atoms with Gasteiger partial charge in [-0.05, 0) is 47.5 Å². The molecular formula is C49H26BrCl4N11O8Zn. The number of nitriles is 2. The van der Waals surface area contributed by atoms with Crippen LogP contribution < -0.4 is 19.5 Å². The molecule has 19 nitrogen and oxygen atoms in total. The Morgan fingerprint density at radius 3 is 1.28 bits per heavy atom. The van der Waals surface area contributed by atoms with Gasteiger partial charge in [0.1, 0.15) is 25.2 Å². The summed E-state index contributed by atoms with van der Waals surface area (Å²) in [6.07, 6.45) is 2.78. The number of ether oxygens (including phenoxy) is 2. The summed E-state index contributed by atoms with van der Waals surface area (Å²) in [4.78, 5) is 84.1. The normalized spacial score (nSPS) is 14.8. The van der Waals surface area contributed by atoms with Crippen molar-refractivity contribution in [2.24, 2.45) is 20.2 Å². The molecule has 0 bridgehead atoms. The van der Waals surface area contributed by atoms with E-state index in [1.54, 1.807) is 36.4 Å². The van der Waals surface area contributed by atoms with E-state index in [0.29, 0.717) is 29.7 Å². The number of amides is 2. The minimum Gasteiger partial charge on any atom is -0.512 e. The molecule has 4 aromatic carbocycles. The minimum absolute atomic E-state index is 0. The van der Waals surface area contributed by atoms with Crippen molar-refractivity contribution in [3.63, 3.8) is 0 Å². The molecule has 0 aliphatic carbocycles. The van der Waals surface area contributed by atoms with Gasteiger partial charge in [0.15, 0.2) is 28.8 Å². The maximum absolute atomic E-state index is 12.4. The van der Waals surface area contributed by atoms with E-state index in [1.165, 1.54) is 36.4 Å². The summed E-state index contributed by atoms with van der Waals surface area (Å²) < 4.78 is 12.5. The molecule has 0 radical (unpaired) electrons. The summed E-state index contributed by atoms with van der Waals surface area (Å²) in [6.45, 7) is 16.3. The zero-order chi connectivity index (χ0) is 53.5. The van der Waals surface area contributed by atoms with E-state index in [1.807, 2.05) is 24.3 Å². The van der Waals surface area contributed by atoms with Crippen LogP contribution in [0.4, 0.5) is 17.1 Å². The van der Waals surface area contributed by atoms with Crippen molar-refractivity contribution in [2.45, 2.75) is 25.7 Å². The van der Waals surface area contributed by atoms with Crippen molar-refractivity contribution >= 4 is 138 Å². The summed E-state index contributed by atoms with van der Waals surface area (Å²) >= 11 is 28.8. The Labute approximate surface area is 462 Å². The van der Waals surface area contributed by atoms with Gasteiger partial charge in [-0.1, -0.05) is 98.7 Å². The predicted octanol–water partition coefficient (Wildman–Crippen LogP) is 8.92. The SMILES string of the molecule is N#CC1=NN(c2cc(Cl)c(OC3=NCC(=O)C(Cc4ccc(Br)cc4)=C3)c(Cl)c2)C(=O)CC1=O.[C-]#N.[C-]#N.[C-]#[N+]c1ccc(CC2=CC(Oc3c(Cl)cc(N4N=C(C#N)C(=O)CC4=O)cc3Cl)=NCC2=O)cc1.[Zn+2]. The van der Waals surface area contributed by atoms with Gasteiger partial charge in [0, 0.05) is 40.6 Å². The summed E-state index contributed by atoms with van der Waals surface area (Å²) in [5.74, 6) is -2.46. The van der Waals surface area contributed by atoms with Gasteiger partial charge in [0.25, 0.3) is 11.8 Å². The monoisotopic (exact) mass is 1180 g/mol. The molecule has 4 aliphatic heterocycles. The van der Waals surface area contributed by atoms with Crippen LogP contribution in [-0.2, 0) is 61.1 Å². The second kappa shape index (κ2) is 27.1. The van der Waals surface area contributed by atoms with Crippen LogP contribution >= 0.6 is 62.3 Å². The van der Waals surface area contributed by atoms with Crippen LogP contribution in [0.5, 0.6) is 11.5 Å². The Bertz CT molecular complexity index is 3300. The molecule has 4 heterocycles. The third kappa shape index (κ3) is 14.6. The van der Waals surface area contributed by atoms with Crippen LogP contribution in [-0.4, -0.2) is 71.3 Å². The molecule has 8 rings (SSSR count). The molecule has 0 aromatic heterocycles. The number of dihydropyridines is 2. The van der Waals surface area contributed by atoms with Crippen LogP contribution in [0.25, 0.3) is 4.85 Å². The average molecular weight is 1180 g/mol. The predicted molar refractivity (Wildman–Crippen MR) is 269 cm³/mol. The molecule has 0 atom stereocenters. The van der Waals surface area contributed by atoms with Crippen LogP contribution in [0.1, 0.15) is 24.0 Å². The number of hydrogen-bond acceptors (Lipinski definition) is 16. The Kier molecular flexibility index (Phi) is 21.5. The largest absolute Gasteiger partial charge is 2.00 e. The van der Waals surface area contributed by atoms with Crippen molar-refractivity contribution in [3.8, 4) is 23.6 Å². The number of nitrogens with zero attached hydrogens (tertiary/aromatic N) is 11. The van der Waals surface area contributed by atoms with Gasteiger partial charge in [-0.2, -0.15) is 30.7 Å². The first kappa shape index (κ1) is 58.5. The van der Waals surface area contributed by atoms with Gasteiger partial charge < -0.3 is 33.1 Å². The van der Waals surface area contributed by atoms with Crippen molar-refractivity contribution in [1.82, 2.24) is 0 Å². The van der Waals surface area contributed by atoms with E-state index in [-0.39, 0.29) is 98.9 Å². The topological polar surface area (TPSA) is 276 Å². The number of hydrogen-bond donors (Lipinski definition) is 0. The second-order valence-corrected chi connectivity index (χ2v) is 17.2. The Hall–Kier alpha value is -8.03. The molecule has 0 saturated heterocycles. The van der Waals surface area contributed by atoms with Crippen LogP contribution in [0.2, 0.25) is 20.1 Å². The smallest absolute Gasteiger partial charge is 0.512 e. The average Bonchev–Trinajstić information content (AvgIpc) is 3.38. The zero-order valence-electron chi connectivity index (χ0n) is 37.6. The first-order valence-corrected chi connectivity index (χ1v) is 22.6. The Morgan fingerprint density at radius 2 is 0.946 bits per heavy atom. The summed E-state index contributed by atoms with van der Waals surface area (Å²) in [5, 5.41) is 40.0. The summed E-state index contributed by atoms with van der Waals surface area (Å²) in [6, 6.07) is 23.3. The van der Waals surface area contributed by atoms with E-state index in [9.17, 15) is 28.8 Å². The Balaban J connectivity index is 0.000000297. The molecule has 0 fully saturated rings.